The molecule has 3 rings (SSSR count). The van der Waals surface area contributed by atoms with Gasteiger partial charge >= 0.3 is 6.03 Å². The normalized spacial score (nSPS) is 11.8. The zero-order chi connectivity index (χ0) is 21.5. The fourth-order valence-corrected chi connectivity index (χ4v) is 3.10. The number of hydrogen-bond acceptors (Lipinski definition) is 5. The van der Waals surface area contributed by atoms with Gasteiger partial charge in [-0.15, -0.1) is 0 Å². The Morgan fingerprint density at radius 3 is 2.57 bits per heavy atom. The molecule has 0 fully saturated rings. The van der Waals surface area contributed by atoms with E-state index in [-0.39, 0.29) is 12.1 Å². The van der Waals surface area contributed by atoms with Gasteiger partial charge in [-0.05, 0) is 69.0 Å². The summed E-state index contributed by atoms with van der Waals surface area (Å²) >= 11 is 0. The van der Waals surface area contributed by atoms with Crippen LogP contribution in [0.4, 0.5) is 10.5 Å². The highest BCUT2D eigenvalue weighted by molar-refractivity contribution is 5.89. The van der Waals surface area contributed by atoms with Crippen LogP contribution in [-0.2, 0) is 0 Å². The number of likely N-dealkylation sites (N-methyl/N-ethyl adjacent to an activating group) is 1. The fourth-order valence-electron chi connectivity index (χ4n) is 3.10. The number of aromatic nitrogens is 2. The van der Waals surface area contributed by atoms with Gasteiger partial charge < -0.3 is 20.3 Å². The van der Waals surface area contributed by atoms with Crippen molar-refractivity contribution < 1.29 is 9.53 Å². The number of nitrogens with zero attached hydrogens (tertiary/aromatic N) is 3. The molecule has 7 nitrogen and oxygen atoms in total. The number of urea groups is 1. The second kappa shape index (κ2) is 9.84. The summed E-state index contributed by atoms with van der Waals surface area (Å²) in [5, 5.41) is 5.81. The number of benzene rings is 2. The molecular weight excluding hydrogens is 378 g/mol. The molecule has 0 spiro atoms. The van der Waals surface area contributed by atoms with E-state index in [1.807, 2.05) is 75.6 Å². The van der Waals surface area contributed by atoms with Gasteiger partial charge in [0.15, 0.2) is 5.82 Å². The minimum Gasteiger partial charge on any atom is -0.497 e. The zero-order valence-electron chi connectivity index (χ0n) is 17.7. The molecule has 1 heterocycles. The number of carbonyl (C=O) groups excluding carboxylic acids is 1. The summed E-state index contributed by atoms with van der Waals surface area (Å²) in [6, 6.07) is 16.9. The molecule has 0 aliphatic rings. The molecule has 2 aromatic carbocycles. The lowest BCUT2D eigenvalue weighted by Crippen LogP contribution is -2.36. The smallest absolute Gasteiger partial charge is 0.319 e. The molecule has 1 unspecified atom stereocenters. The van der Waals surface area contributed by atoms with Crippen LogP contribution < -0.4 is 15.4 Å². The van der Waals surface area contributed by atoms with Gasteiger partial charge in [0.25, 0.3) is 0 Å². The number of hydrogen-bond donors (Lipinski definition) is 2. The molecule has 3 aromatic rings. The van der Waals surface area contributed by atoms with E-state index in [1.165, 1.54) is 0 Å². The highest BCUT2D eigenvalue weighted by Crippen LogP contribution is 2.22. The zero-order valence-corrected chi connectivity index (χ0v) is 17.7. The Labute approximate surface area is 177 Å². The van der Waals surface area contributed by atoms with E-state index in [1.54, 1.807) is 13.3 Å². The Morgan fingerprint density at radius 2 is 1.90 bits per heavy atom. The van der Waals surface area contributed by atoms with Gasteiger partial charge in [0.1, 0.15) is 5.75 Å². The molecule has 156 valence electrons. The molecular formula is C23H27N5O2. The predicted molar refractivity (Wildman–Crippen MR) is 119 cm³/mol. The molecule has 0 radical (unpaired) electrons. The van der Waals surface area contributed by atoms with E-state index in [2.05, 4.69) is 25.5 Å². The lowest BCUT2D eigenvalue weighted by atomic mass is 10.1. The van der Waals surface area contributed by atoms with E-state index < -0.39 is 0 Å². The highest BCUT2D eigenvalue weighted by Gasteiger charge is 2.16. The minimum atomic E-state index is -0.260. The Kier molecular flexibility index (Phi) is 6.98. The second-order valence-corrected chi connectivity index (χ2v) is 7.19. The SMILES string of the molecule is COc1cccc(C(CNC(=O)Nc2ccc(-c3nccc(C)n3)cc2)N(C)C)c1. The number of anilines is 1. The Morgan fingerprint density at radius 1 is 1.13 bits per heavy atom. The minimum absolute atomic E-state index is 0.0201. The van der Waals surface area contributed by atoms with Gasteiger partial charge in [0.05, 0.1) is 13.2 Å². The maximum atomic E-state index is 12.4. The first kappa shape index (κ1) is 21.3. The van der Waals surface area contributed by atoms with Crippen molar-refractivity contribution in [3.63, 3.8) is 0 Å². The third-order valence-corrected chi connectivity index (χ3v) is 4.75. The number of aryl methyl sites for hydroxylation is 1. The highest BCUT2D eigenvalue weighted by atomic mass is 16.5. The molecule has 2 N–H and O–H groups in total. The summed E-state index contributed by atoms with van der Waals surface area (Å²) in [6.07, 6.45) is 1.74. The van der Waals surface area contributed by atoms with Crippen LogP contribution in [0.25, 0.3) is 11.4 Å². The molecule has 1 atom stereocenters. The number of rotatable bonds is 7. The lowest BCUT2D eigenvalue weighted by molar-refractivity contribution is 0.243. The van der Waals surface area contributed by atoms with Gasteiger partial charge in [-0.1, -0.05) is 12.1 Å². The average Bonchev–Trinajstić information content (AvgIpc) is 2.74. The third kappa shape index (κ3) is 5.55. The second-order valence-electron chi connectivity index (χ2n) is 7.19. The molecule has 0 bridgehead atoms. The van der Waals surface area contributed by atoms with Crippen molar-refractivity contribution in [1.29, 1.82) is 0 Å². The van der Waals surface area contributed by atoms with Crippen molar-refractivity contribution in [1.82, 2.24) is 20.2 Å². The summed E-state index contributed by atoms with van der Waals surface area (Å²) in [5.74, 6) is 1.46. The van der Waals surface area contributed by atoms with E-state index >= 15 is 0 Å². The van der Waals surface area contributed by atoms with Crippen LogP contribution >= 0.6 is 0 Å². The van der Waals surface area contributed by atoms with Crippen LogP contribution in [0.15, 0.2) is 60.8 Å². The summed E-state index contributed by atoms with van der Waals surface area (Å²) in [6.45, 7) is 2.39. The number of amides is 2. The predicted octanol–water partition coefficient (Wildman–Crippen LogP) is 3.89. The van der Waals surface area contributed by atoms with Crippen LogP contribution in [-0.4, -0.2) is 48.6 Å². The molecule has 0 aliphatic heterocycles. The fraction of sp³-hybridized carbons (Fsp3) is 0.261. The number of methoxy groups -OCH3 is 1. The maximum Gasteiger partial charge on any atom is 0.319 e. The van der Waals surface area contributed by atoms with Crippen LogP contribution in [0.3, 0.4) is 0 Å². The van der Waals surface area contributed by atoms with Gasteiger partial charge in [0.2, 0.25) is 0 Å². The lowest BCUT2D eigenvalue weighted by Gasteiger charge is -2.25. The molecule has 2 amide bonds. The van der Waals surface area contributed by atoms with Crippen LogP contribution in [0, 0.1) is 6.92 Å². The standard InChI is InChI=1S/C23H27N5O2/c1-16-12-13-24-22(26-16)17-8-10-19(11-9-17)27-23(29)25-15-21(28(2)3)18-6-5-7-20(14-18)30-4/h5-14,21H,15H2,1-4H3,(H2,25,27,29). The van der Waals surface area contributed by atoms with E-state index in [4.69, 9.17) is 4.74 Å². The van der Waals surface area contributed by atoms with Gasteiger partial charge in [-0.2, -0.15) is 0 Å². The van der Waals surface area contributed by atoms with Crippen LogP contribution in [0.5, 0.6) is 5.75 Å². The van der Waals surface area contributed by atoms with E-state index in [9.17, 15) is 4.79 Å². The van der Waals surface area contributed by atoms with Crippen LogP contribution in [0.1, 0.15) is 17.3 Å². The average molecular weight is 406 g/mol. The Bertz CT molecular complexity index is 989. The monoisotopic (exact) mass is 405 g/mol. The number of carbonyl (C=O) groups is 1. The summed E-state index contributed by atoms with van der Waals surface area (Å²) in [4.78, 5) is 23.2. The third-order valence-electron chi connectivity index (χ3n) is 4.75. The maximum absolute atomic E-state index is 12.4. The Hall–Kier alpha value is -3.45. The van der Waals surface area contributed by atoms with Gasteiger partial charge in [-0.25, -0.2) is 14.8 Å². The van der Waals surface area contributed by atoms with Crippen molar-refractivity contribution in [3.8, 4) is 17.1 Å². The summed E-state index contributed by atoms with van der Waals surface area (Å²) in [5.41, 5.74) is 3.58. The van der Waals surface area contributed by atoms with Gasteiger partial charge in [-0.3, -0.25) is 0 Å². The molecule has 1 aromatic heterocycles. The van der Waals surface area contributed by atoms with Crippen molar-refractivity contribution in [3.05, 3.63) is 72.1 Å². The van der Waals surface area contributed by atoms with Crippen molar-refractivity contribution >= 4 is 11.7 Å². The molecule has 7 heteroatoms. The molecule has 30 heavy (non-hydrogen) atoms. The first-order valence-electron chi connectivity index (χ1n) is 9.71. The van der Waals surface area contributed by atoms with Crippen molar-refractivity contribution in [2.24, 2.45) is 0 Å². The van der Waals surface area contributed by atoms with E-state index in [0.717, 1.165) is 22.6 Å². The molecule has 0 aliphatic carbocycles. The van der Waals surface area contributed by atoms with Crippen LogP contribution in [0.2, 0.25) is 0 Å². The summed E-state index contributed by atoms with van der Waals surface area (Å²) < 4.78 is 5.31. The topological polar surface area (TPSA) is 79.4 Å². The van der Waals surface area contributed by atoms with E-state index in [0.29, 0.717) is 18.1 Å². The number of nitrogens with one attached hydrogen (secondary N) is 2. The number of ether oxygens (including phenoxy) is 1. The Balaban J connectivity index is 1.60. The largest absolute Gasteiger partial charge is 0.497 e. The quantitative estimate of drug-likeness (QED) is 0.624. The molecule has 0 saturated heterocycles. The first-order valence-corrected chi connectivity index (χ1v) is 9.71. The summed E-state index contributed by atoms with van der Waals surface area (Å²) in [7, 11) is 5.61. The van der Waals surface area contributed by atoms with Crippen molar-refractivity contribution in [2.45, 2.75) is 13.0 Å². The first-order chi connectivity index (χ1) is 14.5. The molecule has 0 saturated carbocycles. The van der Waals surface area contributed by atoms with Crippen molar-refractivity contribution in [2.75, 3.05) is 33.1 Å². The van der Waals surface area contributed by atoms with Gasteiger partial charge in [0, 0.05) is 29.7 Å².